The van der Waals surface area contributed by atoms with Crippen molar-refractivity contribution in [2.75, 3.05) is 17.4 Å². The number of nitrogens with zero attached hydrogens (tertiary/aromatic N) is 2. The maximum atomic E-state index is 14.0. The van der Waals surface area contributed by atoms with E-state index in [-0.39, 0.29) is 17.3 Å². The minimum absolute atomic E-state index is 0.0131. The van der Waals surface area contributed by atoms with E-state index in [2.05, 4.69) is 5.32 Å². The number of benzene rings is 3. The Kier molecular flexibility index (Phi) is 10.5. The van der Waals surface area contributed by atoms with Gasteiger partial charge in [0.25, 0.3) is 10.0 Å². The van der Waals surface area contributed by atoms with E-state index in [0.717, 1.165) is 27.4 Å². The van der Waals surface area contributed by atoms with E-state index in [1.807, 2.05) is 58.0 Å². The summed E-state index contributed by atoms with van der Waals surface area (Å²) in [7, 11) is -4.14. The number of rotatable bonds is 12. The van der Waals surface area contributed by atoms with Gasteiger partial charge in [-0.3, -0.25) is 13.9 Å². The molecule has 0 bridgehead atoms. The van der Waals surface area contributed by atoms with E-state index < -0.39 is 28.5 Å². The van der Waals surface area contributed by atoms with Crippen molar-refractivity contribution in [1.29, 1.82) is 0 Å². The Bertz CT molecular complexity index is 1390. The summed E-state index contributed by atoms with van der Waals surface area (Å²) in [6.45, 7) is 7.79. The molecule has 0 unspecified atom stereocenters. The van der Waals surface area contributed by atoms with Gasteiger partial charge >= 0.3 is 0 Å². The normalized spacial score (nSPS) is 12.0. The molecule has 1 atom stereocenters. The molecule has 0 aliphatic rings. The summed E-state index contributed by atoms with van der Waals surface area (Å²) < 4.78 is 28.8. The van der Waals surface area contributed by atoms with E-state index in [0.29, 0.717) is 23.7 Å². The van der Waals surface area contributed by atoms with Crippen LogP contribution in [0.4, 0.5) is 5.69 Å². The third-order valence-corrected chi connectivity index (χ3v) is 8.38. The van der Waals surface area contributed by atoms with Crippen molar-refractivity contribution in [3.8, 4) is 0 Å². The molecular weight excluding hydrogens is 534 g/mol. The molecule has 3 aromatic rings. The summed E-state index contributed by atoms with van der Waals surface area (Å²) in [5, 5.41) is 3.30. The van der Waals surface area contributed by atoms with Crippen LogP contribution in [0.15, 0.2) is 77.7 Å². The molecule has 3 rings (SSSR count). The van der Waals surface area contributed by atoms with Gasteiger partial charge in [-0.1, -0.05) is 67.4 Å². The number of anilines is 1. The Balaban J connectivity index is 2.05. The first-order chi connectivity index (χ1) is 18.6. The fraction of sp³-hybridized carbons (Fsp3) is 0.333. The van der Waals surface area contributed by atoms with Crippen LogP contribution >= 0.6 is 11.6 Å². The standard InChI is InChI=1S/C30H36ClN3O4S/c1-5-17-32-30(36)28(6-2)33(20-24-11-7-9-22(3)18-24)29(35)21-34(26-12-8-10-23(4)19-26)39(37,38)27-15-13-25(31)14-16-27/h7-16,18-19,28H,5-6,17,20-21H2,1-4H3,(H,32,36)/t28-/m0/s1. The molecule has 208 valence electrons. The fourth-order valence-corrected chi connectivity index (χ4v) is 5.87. The summed E-state index contributed by atoms with van der Waals surface area (Å²) >= 11 is 6.00. The number of hydrogen-bond donors (Lipinski definition) is 1. The molecule has 3 aromatic carbocycles. The zero-order chi connectivity index (χ0) is 28.6. The first kappa shape index (κ1) is 30.2. The van der Waals surface area contributed by atoms with Crippen molar-refractivity contribution in [3.05, 3.63) is 94.5 Å². The maximum Gasteiger partial charge on any atom is 0.264 e. The summed E-state index contributed by atoms with van der Waals surface area (Å²) in [4.78, 5) is 28.7. The Hall–Kier alpha value is -3.36. The van der Waals surface area contributed by atoms with Crippen molar-refractivity contribution in [1.82, 2.24) is 10.2 Å². The van der Waals surface area contributed by atoms with E-state index in [9.17, 15) is 18.0 Å². The molecule has 0 aliphatic heterocycles. The van der Waals surface area contributed by atoms with Gasteiger partial charge in [-0.15, -0.1) is 0 Å². The predicted octanol–water partition coefficient (Wildman–Crippen LogP) is 5.49. The second-order valence-electron chi connectivity index (χ2n) is 9.53. The Morgan fingerprint density at radius 3 is 2.15 bits per heavy atom. The molecular formula is C30H36ClN3O4S. The van der Waals surface area contributed by atoms with Gasteiger partial charge in [0, 0.05) is 18.1 Å². The molecule has 0 aromatic heterocycles. The van der Waals surface area contributed by atoms with Gasteiger partial charge in [0.2, 0.25) is 11.8 Å². The topological polar surface area (TPSA) is 86.8 Å². The summed E-state index contributed by atoms with van der Waals surface area (Å²) in [5.74, 6) is -0.739. The number of carbonyl (C=O) groups is 2. The summed E-state index contributed by atoms with van der Waals surface area (Å²) in [6.07, 6.45) is 1.13. The number of sulfonamides is 1. The van der Waals surface area contributed by atoms with Crippen molar-refractivity contribution in [2.45, 2.75) is 58.0 Å². The quantitative estimate of drug-likeness (QED) is 0.313. The third-order valence-electron chi connectivity index (χ3n) is 6.34. The number of hydrogen-bond acceptors (Lipinski definition) is 4. The first-order valence-electron chi connectivity index (χ1n) is 13.0. The zero-order valence-corrected chi connectivity index (χ0v) is 24.4. The zero-order valence-electron chi connectivity index (χ0n) is 22.9. The number of amides is 2. The van der Waals surface area contributed by atoms with Crippen LogP contribution in [0, 0.1) is 13.8 Å². The molecule has 0 saturated heterocycles. The van der Waals surface area contributed by atoms with Crippen LogP contribution in [-0.4, -0.2) is 44.3 Å². The number of carbonyl (C=O) groups excluding carboxylic acids is 2. The van der Waals surface area contributed by atoms with Gasteiger partial charge < -0.3 is 10.2 Å². The molecule has 9 heteroatoms. The van der Waals surface area contributed by atoms with E-state index in [1.165, 1.54) is 29.2 Å². The van der Waals surface area contributed by atoms with Gasteiger partial charge in [0.15, 0.2) is 0 Å². The Morgan fingerprint density at radius 1 is 0.923 bits per heavy atom. The minimum atomic E-state index is -4.14. The smallest absolute Gasteiger partial charge is 0.264 e. The molecule has 1 N–H and O–H groups in total. The van der Waals surface area contributed by atoms with Gasteiger partial charge in [-0.05, 0) is 74.2 Å². The molecule has 0 fully saturated rings. The van der Waals surface area contributed by atoms with Crippen molar-refractivity contribution in [3.63, 3.8) is 0 Å². The SMILES string of the molecule is CCCNC(=O)[C@H](CC)N(Cc1cccc(C)c1)C(=O)CN(c1cccc(C)c1)S(=O)(=O)c1ccc(Cl)cc1. The molecule has 7 nitrogen and oxygen atoms in total. The lowest BCUT2D eigenvalue weighted by atomic mass is 10.1. The highest BCUT2D eigenvalue weighted by atomic mass is 35.5. The average molecular weight is 570 g/mol. The number of halogens is 1. The first-order valence-corrected chi connectivity index (χ1v) is 14.9. The molecule has 0 spiro atoms. The highest BCUT2D eigenvalue weighted by Gasteiger charge is 2.33. The van der Waals surface area contributed by atoms with Crippen LogP contribution in [0.5, 0.6) is 0 Å². The lowest BCUT2D eigenvalue weighted by Crippen LogP contribution is -2.52. The fourth-order valence-electron chi connectivity index (χ4n) is 4.34. The van der Waals surface area contributed by atoms with Crippen LogP contribution in [0.3, 0.4) is 0 Å². The van der Waals surface area contributed by atoms with Crippen molar-refractivity contribution < 1.29 is 18.0 Å². The molecule has 0 aliphatic carbocycles. The molecule has 0 radical (unpaired) electrons. The van der Waals surface area contributed by atoms with Crippen molar-refractivity contribution >= 4 is 39.1 Å². The van der Waals surface area contributed by atoms with Crippen LogP contribution in [-0.2, 0) is 26.2 Å². The lowest BCUT2D eigenvalue weighted by molar-refractivity contribution is -0.140. The third kappa shape index (κ3) is 7.83. The highest BCUT2D eigenvalue weighted by Crippen LogP contribution is 2.26. The monoisotopic (exact) mass is 569 g/mol. The van der Waals surface area contributed by atoms with E-state index in [4.69, 9.17) is 11.6 Å². The van der Waals surface area contributed by atoms with Crippen LogP contribution < -0.4 is 9.62 Å². The average Bonchev–Trinajstić information content (AvgIpc) is 2.90. The molecule has 2 amide bonds. The van der Waals surface area contributed by atoms with Crippen molar-refractivity contribution in [2.24, 2.45) is 0 Å². The number of nitrogens with one attached hydrogen (secondary N) is 1. The molecule has 39 heavy (non-hydrogen) atoms. The van der Waals surface area contributed by atoms with Crippen LogP contribution in [0.25, 0.3) is 0 Å². The van der Waals surface area contributed by atoms with E-state index >= 15 is 0 Å². The molecule has 0 saturated carbocycles. The van der Waals surface area contributed by atoms with Gasteiger partial charge in [-0.25, -0.2) is 8.42 Å². The number of aryl methyl sites for hydroxylation is 2. The van der Waals surface area contributed by atoms with Crippen LogP contribution in [0.2, 0.25) is 5.02 Å². The van der Waals surface area contributed by atoms with Gasteiger partial charge in [0.05, 0.1) is 10.6 Å². The predicted molar refractivity (Wildman–Crippen MR) is 156 cm³/mol. The summed E-state index contributed by atoms with van der Waals surface area (Å²) in [5.41, 5.74) is 3.08. The minimum Gasteiger partial charge on any atom is -0.354 e. The van der Waals surface area contributed by atoms with Crippen LogP contribution in [0.1, 0.15) is 43.4 Å². The molecule has 0 heterocycles. The second-order valence-corrected chi connectivity index (χ2v) is 11.8. The van der Waals surface area contributed by atoms with E-state index in [1.54, 1.807) is 18.2 Å². The Morgan fingerprint density at radius 2 is 1.56 bits per heavy atom. The lowest BCUT2D eigenvalue weighted by Gasteiger charge is -2.33. The maximum absolute atomic E-state index is 14.0. The highest BCUT2D eigenvalue weighted by molar-refractivity contribution is 7.92. The Labute approximate surface area is 236 Å². The summed E-state index contributed by atoms with van der Waals surface area (Å²) in [6, 6.07) is 19.8. The van der Waals surface area contributed by atoms with Gasteiger partial charge in [-0.2, -0.15) is 0 Å². The second kappa shape index (κ2) is 13.6. The van der Waals surface area contributed by atoms with Gasteiger partial charge in [0.1, 0.15) is 12.6 Å². The largest absolute Gasteiger partial charge is 0.354 e.